The highest BCUT2D eigenvalue weighted by Crippen LogP contribution is 2.24. The molecule has 1 fully saturated rings. The van der Waals surface area contributed by atoms with E-state index in [0.717, 1.165) is 30.2 Å². The van der Waals surface area contributed by atoms with Gasteiger partial charge in [-0.1, -0.05) is 23.7 Å². The summed E-state index contributed by atoms with van der Waals surface area (Å²) >= 11 is 6.12. The molecule has 0 bridgehead atoms. The van der Waals surface area contributed by atoms with Crippen molar-refractivity contribution in [1.82, 2.24) is 20.2 Å². The summed E-state index contributed by atoms with van der Waals surface area (Å²) in [5.41, 5.74) is 2.39. The number of pyridine rings is 1. The van der Waals surface area contributed by atoms with Crippen molar-refractivity contribution in [1.29, 1.82) is 0 Å². The number of benzene rings is 2. The Balaban J connectivity index is 1.24. The van der Waals surface area contributed by atoms with Crippen LogP contribution in [0.1, 0.15) is 40.0 Å². The SMILES string of the molecule is O=C(N[C@H]1CCC[C@H]1NC(=O)c1ccc2c(Cl)c[nH]c2c1)c1ccc(-n2ccccc2=O)cc1. The van der Waals surface area contributed by atoms with Gasteiger partial charge in [0.25, 0.3) is 17.4 Å². The van der Waals surface area contributed by atoms with Crippen molar-refractivity contribution in [2.75, 3.05) is 0 Å². The summed E-state index contributed by atoms with van der Waals surface area (Å²) in [6.45, 7) is 0. The molecule has 4 aromatic rings. The molecular formula is C26H23ClN4O3. The zero-order valence-electron chi connectivity index (χ0n) is 18.3. The quantitative estimate of drug-likeness (QED) is 0.407. The number of fused-ring (bicyclic) bond motifs is 1. The monoisotopic (exact) mass is 474 g/mol. The van der Waals surface area contributed by atoms with Gasteiger partial charge in [0.15, 0.2) is 0 Å². The predicted molar refractivity (Wildman–Crippen MR) is 132 cm³/mol. The van der Waals surface area contributed by atoms with Gasteiger partial charge in [0.05, 0.1) is 5.02 Å². The van der Waals surface area contributed by atoms with Gasteiger partial charge >= 0.3 is 0 Å². The van der Waals surface area contributed by atoms with Gasteiger partial charge < -0.3 is 15.6 Å². The van der Waals surface area contributed by atoms with E-state index in [-0.39, 0.29) is 29.5 Å². The first-order chi connectivity index (χ1) is 16.5. The van der Waals surface area contributed by atoms with E-state index in [0.29, 0.717) is 21.8 Å². The van der Waals surface area contributed by atoms with Crippen LogP contribution in [0.3, 0.4) is 0 Å². The van der Waals surface area contributed by atoms with Crippen LogP contribution < -0.4 is 16.2 Å². The number of carbonyl (C=O) groups excluding carboxylic acids is 2. The van der Waals surface area contributed by atoms with E-state index in [2.05, 4.69) is 15.6 Å². The van der Waals surface area contributed by atoms with E-state index in [1.165, 1.54) is 10.6 Å². The minimum atomic E-state index is -0.208. The molecule has 0 radical (unpaired) electrons. The van der Waals surface area contributed by atoms with E-state index in [1.807, 2.05) is 6.07 Å². The van der Waals surface area contributed by atoms with Crippen molar-refractivity contribution in [2.45, 2.75) is 31.3 Å². The van der Waals surface area contributed by atoms with Gasteiger partial charge in [-0.25, -0.2) is 0 Å². The van der Waals surface area contributed by atoms with Crippen molar-refractivity contribution in [3.63, 3.8) is 0 Å². The molecule has 1 aliphatic rings. The average molecular weight is 475 g/mol. The molecule has 2 amide bonds. The van der Waals surface area contributed by atoms with Gasteiger partial charge in [-0.05, 0) is 61.7 Å². The van der Waals surface area contributed by atoms with Gasteiger partial charge in [-0.2, -0.15) is 0 Å². The van der Waals surface area contributed by atoms with Crippen molar-refractivity contribution < 1.29 is 9.59 Å². The van der Waals surface area contributed by atoms with E-state index in [1.54, 1.807) is 60.9 Å². The Morgan fingerprint density at radius 1 is 0.912 bits per heavy atom. The Labute approximate surface area is 200 Å². The lowest BCUT2D eigenvalue weighted by molar-refractivity contribution is 0.0892. The van der Waals surface area contributed by atoms with Crippen molar-refractivity contribution in [3.05, 3.63) is 99.6 Å². The first-order valence-corrected chi connectivity index (χ1v) is 11.5. The fraction of sp³-hybridized carbons (Fsp3) is 0.192. The number of rotatable bonds is 5. The molecule has 0 aliphatic heterocycles. The Morgan fingerprint density at radius 3 is 2.29 bits per heavy atom. The molecule has 2 heterocycles. The normalized spacial score (nSPS) is 17.6. The van der Waals surface area contributed by atoms with Crippen LogP contribution >= 0.6 is 11.6 Å². The number of aromatic amines is 1. The summed E-state index contributed by atoms with van der Waals surface area (Å²) in [6.07, 6.45) is 5.88. The smallest absolute Gasteiger partial charge is 0.255 e. The van der Waals surface area contributed by atoms with Crippen LogP contribution in [0.15, 0.2) is 77.9 Å². The third kappa shape index (κ3) is 4.34. The summed E-state index contributed by atoms with van der Waals surface area (Å²) in [5.74, 6) is -0.392. The third-order valence-corrected chi connectivity index (χ3v) is 6.59. The molecule has 1 aliphatic carbocycles. The first-order valence-electron chi connectivity index (χ1n) is 11.2. The number of aromatic nitrogens is 2. The van der Waals surface area contributed by atoms with Gasteiger partial charge in [0.2, 0.25) is 0 Å². The van der Waals surface area contributed by atoms with Crippen LogP contribution in [-0.4, -0.2) is 33.4 Å². The third-order valence-electron chi connectivity index (χ3n) is 6.27. The van der Waals surface area contributed by atoms with Crippen molar-refractivity contribution in [2.24, 2.45) is 0 Å². The average Bonchev–Trinajstić information content (AvgIpc) is 3.45. The summed E-state index contributed by atoms with van der Waals surface area (Å²) in [4.78, 5) is 40.8. The summed E-state index contributed by atoms with van der Waals surface area (Å²) < 4.78 is 1.52. The van der Waals surface area contributed by atoms with Crippen LogP contribution in [0.4, 0.5) is 0 Å². The van der Waals surface area contributed by atoms with Crippen LogP contribution in [0.2, 0.25) is 5.02 Å². The Hall–Kier alpha value is -3.84. The molecule has 0 saturated heterocycles. The number of halogens is 1. The molecule has 34 heavy (non-hydrogen) atoms. The van der Waals surface area contributed by atoms with Gasteiger partial charge in [0.1, 0.15) is 0 Å². The van der Waals surface area contributed by atoms with Crippen molar-refractivity contribution >= 4 is 34.3 Å². The number of nitrogens with zero attached hydrogens (tertiary/aromatic N) is 1. The molecule has 8 heteroatoms. The molecule has 2 aromatic carbocycles. The van der Waals surface area contributed by atoms with Gasteiger partial charge in [-0.3, -0.25) is 19.0 Å². The van der Waals surface area contributed by atoms with Crippen molar-refractivity contribution in [3.8, 4) is 5.69 Å². The second-order valence-electron chi connectivity index (χ2n) is 8.44. The number of hydrogen-bond donors (Lipinski definition) is 3. The van der Waals surface area contributed by atoms with Gasteiger partial charge in [-0.15, -0.1) is 0 Å². The molecule has 1 saturated carbocycles. The topological polar surface area (TPSA) is 96.0 Å². The number of carbonyl (C=O) groups is 2. The molecule has 0 spiro atoms. The summed E-state index contributed by atoms with van der Waals surface area (Å²) in [5, 5.41) is 7.61. The van der Waals surface area contributed by atoms with Gasteiger partial charge in [0, 0.05) is 58.3 Å². The molecule has 0 unspecified atom stereocenters. The predicted octanol–water partition coefficient (Wildman–Crippen LogP) is 4.05. The Bertz CT molecular complexity index is 1420. The zero-order chi connectivity index (χ0) is 23.7. The van der Waals surface area contributed by atoms with Crippen LogP contribution in [-0.2, 0) is 0 Å². The number of H-pyrrole nitrogens is 1. The minimum Gasteiger partial charge on any atom is -0.360 e. The molecule has 7 nitrogen and oxygen atoms in total. The first kappa shape index (κ1) is 22.0. The highest BCUT2D eigenvalue weighted by atomic mass is 35.5. The highest BCUT2D eigenvalue weighted by molar-refractivity contribution is 6.35. The second kappa shape index (κ2) is 9.19. The largest absolute Gasteiger partial charge is 0.360 e. The molecule has 2 atom stereocenters. The summed E-state index contributed by atoms with van der Waals surface area (Å²) in [6, 6.07) is 16.9. The number of nitrogens with one attached hydrogen (secondary N) is 3. The van der Waals surface area contributed by atoms with E-state index in [4.69, 9.17) is 11.6 Å². The molecule has 2 aromatic heterocycles. The summed E-state index contributed by atoms with van der Waals surface area (Å²) in [7, 11) is 0. The minimum absolute atomic E-state index is 0.136. The van der Waals surface area contributed by atoms with Crippen LogP contribution in [0.25, 0.3) is 16.6 Å². The highest BCUT2D eigenvalue weighted by Gasteiger charge is 2.30. The molecule has 5 rings (SSSR count). The maximum atomic E-state index is 12.9. The molecule has 3 N–H and O–H groups in total. The standard InChI is InChI=1S/C26H23ClN4O3/c27-20-15-28-23-14-17(9-12-19(20)23)26(34)30-22-5-3-4-21(22)29-25(33)16-7-10-18(11-8-16)31-13-2-1-6-24(31)32/h1-2,6-15,21-22,28H,3-5H2,(H,29,33)(H,30,34)/t21-,22+/m0/s1. The number of hydrogen-bond acceptors (Lipinski definition) is 3. The maximum Gasteiger partial charge on any atom is 0.255 e. The lowest BCUT2D eigenvalue weighted by atomic mass is 10.1. The Morgan fingerprint density at radius 2 is 1.59 bits per heavy atom. The fourth-order valence-electron chi connectivity index (χ4n) is 4.46. The van der Waals surface area contributed by atoms with Crippen LogP contribution in [0, 0.1) is 0 Å². The lowest BCUT2D eigenvalue weighted by Crippen LogP contribution is -2.48. The van der Waals surface area contributed by atoms with E-state index >= 15 is 0 Å². The molecule has 172 valence electrons. The number of amides is 2. The van der Waals surface area contributed by atoms with Crippen LogP contribution in [0.5, 0.6) is 0 Å². The lowest BCUT2D eigenvalue weighted by Gasteiger charge is -2.22. The van der Waals surface area contributed by atoms with E-state index in [9.17, 15) is 14.4 Å². The second-order valence-corrected chi connectivity index (χ2v) is 8.85. The fourth-order valence-corrected chi connectivity index (χ4v) is 4.67. The Kier molecular flexibility index (Phi) is 5.94. The molecular weight excluding hydrogens is 452 g/mol. The zero-order valence-corrected chi connectivity index (χ0v) is 19.0. The maximum absolute atomic E-state index is 12.9. The van der Waals surface area contributed by atoms with E-state index < -0.39 is 0 Å².